The van der Waals surface area contributed by atoms with Crippen LogP contribution in [0.4, 0.5) is 5.69 Å². The molecule has 5 heteroatoms. The standard InChI is InChI=1S/C15H22N2O2.ClH/c1-12(18)17-14-2-4-15(5-3-14)19-11-8-13-6-9-16-10-7-13;/h2-5,13,16H,6-11H2,1H3,(H,17,18);1H. The van der Waals surface area contributed by atoms with Crippen molar-refractivity contribution in [1.29, 1.82) is 0 Å². The first-order valence-corrected chi connectivity index (χ1v) is 6.95. The third kappa shape index (κ3) is 5.80. The van der Waals surface area contributed by atoms with E-state index in [4.69, 9.17) is 4.74 Å². The number of ether oxygens (including phenoxy) is 1. The number of carbonyl (C=O) groups is 1. The lowest BCUT2D eigenvalue weighted by atomic mass is 9.95. The maximum Gasteiger partial charge on any atom is 0.221 e. The lowest BCUT2D eigenvalue weighted by Crippen LogP contribution is -2.28. The maximum absolute atomic E-state index is 10.9. The average Bonchev–Trinajstić information content (AvgIpc) is 2.41. The van der Waals surface area contributed by atoms with Crippen molar-refractivity contribution in [1.82, 2.24) is 5.32 Å². The summed E-state index contributed by atoms with van der Waals surface area (Å²) in [7, 11) is 0. The average molecular weight is 299 g/mol. The molecule has 1 heterocycles. The second kappa shape index (κ2) is 8.82. The first kappa shape index (κ1) is 16.8. The van der Waals surface area contributed by atoms with Crippen molar-refractivity contribution >= 4 is 24.0 Å². The fourth-order valence-corrected chi connectivity index (χ4v) is 2.35. The fraction of sp³-hybridized carbons (Fsp3) is 0.533. The van der Waals surface area contributed by atoms with Gasteiger partial charge in [0.25, 0.3) is 0 Å². The molecule has 0 saturated carbocycles. The lowest BCUT2D eigenvalue weighted by molar-refractivity contribution is -0.114. The lowest BCUT2D eigenvalue weighted by Gasteiger charge is -2.22. The largest absolute Gasteiger partial charge is 0.494 e. The molecule has 1 saturated heterocycles. The normalized spacial score (nSPS) is 15.2. The second-order valence-electron chi connectivity index (χ2n) is 5.04. The molecule has 0 radical (unpaired) electrons. The number of rotatable bonds is 5. The van der Waals surface area contributed by atoms with Gasteiger partial charge in [-0.05, 0) is 62.5 Å². The van der Waals surface area contributed by atoms with Gasteiger partial charge in [-0.3, -0.25) is 4.79 Å². The van der Waals surface area contributed by atoms with E-state index in [2.05, 4.69) is 10.6 Å². The molecule has 0 aliphatic carbocycles. The van der Waals surface area contributed by atoms with Crippen LogP contribution in [0.5, 0.6) is 5.75 Å². The van der Waals surface area contributed by atoms with E-state index >= 15 is 0 Å². The highest BCUT2D eigenvalue weighted by molar-refractivity contribution is 5.88. The second-order valence-corrected chi connectivity index (χ2v) is 5.04. The Morgan fingerprint density at radius 3 is 2.55 bits per heavy atom. The molecular weight excluding hydrogens is 276 g/mol. The number of piperidine rings is 1. The predicted octanol–water partition coefficient (Wildman–Crippen LogP) is 2.84. The molecule has 0 spiro atoms. The highest BCUT2D eigenvalue weighted by Gasteiger charge is 2.12. The van der Waals surface area contributed by atoms with Crippen LogP contribution in [0.25, 0.3) is 0 Å². The van der Waals surface area contributed by atoms with Crippen LogP contribution in [0.15, 0.2) is 24.3 Å². The first-order chi connectivity index (χ1) is 9.24. The minimum atomic E-state index is -0.0559. The van der Waals surface area contributed by atoms with Crippen LogP contribution in [0.1, 0.15) is 26.2 Å². The summed E-state index contributed by atoms with van der Waals surface area (Å²) in [6.07, 6.45) is 3.63. The summed E-state index contributed by atoms with van der Waals surface area (Å²) in [6.45, 7) is 4.54. The number of benzene rings is 1. The number of amides is 1. The third-order valence-corrected chi connectivity index (χ3v) is 3.43. The molecule has 1 aromatic carbocycles. The molecule has 112 valence electrons. The van der Waals surface area contributed by atoms with Gasteiger partial charge in [-0.2, -0.15) is 0 Å². The highest BCUT2D eigenvalue weighted by atomic mass is 35.5. The highest BCUT2D eigenvalue weighted by Crippen LogP contribution is 2.19. The van der Waals surface area contributed by atoms with Gasteiger partial charge < -0.3 is 15.4 Å². The predicted molar refractivity (Wildman–Crippen MR) is 83.7 cm³/mol. The summed E-state index contributed by atoms with van der Waals surface area (Å²) in [5, 5.41) is 6.11. The number of hydrogen-bond acceptors (Lipinski definition) is 3. The van der Waals surface area contributed by atoms with Crippen molar-refractivity contribution in [3.05, 3.63) is 24.3 Å². The van der Waals surface area contributed by atoms with Crippen LogP contribution in [-0.2, 0) is 4.79 Å². The Bertz CT molecular complexity index is 403. The van der Waals surface area contributed by atoms with E-state index in [0.717, 1.165) is 43.5 Å². The van der Waals surface area contributed by atoms with E-state index < -0.39 is 0 Å². The number of carbonyl (C=O) groups excluding carboxylic acids is 1. The van der Waals surface area contributed by atoms with Gasteiger partial charge in [0.2, 0.25) is 5.91 Å². The maximum atomic E-state index is 10.9. The Balaban J connectivity index is 0.00000200. The van der Waals surface area contributed by atoms with Gasteiger partial charge >= 0.3 is 0 Å². The van der Waals surface area contributed by atoms with Crippen LogP contribution < -0.4 is 15.4 Å². The van der Waals surface area contributed by atoms with Gasteiger partial charge in [0.1, 0.15) is 5.75 Å². The zero-order valence-electron chi connectivity index (χ0n) is 11.9. The summed E-state index contributed by atoms with van der Waals surface area (Å²) in [4.78, 5) is 10.9. The third-order valence-electron chi connectivity index (χ3n) is 3.43. The summed E-state index contributed by atoms with van der Waals surface area (Å²) in [5.74, 6) is 1.60. The zero-order chi connectivity index (χ0) is 13.5. The van der Waals surface area contributed by atoms with Crippen LogP contribution in [0, 0.1) is 5.92 Å². The molecule has 0 bridgehead atoms. The minimum Gasteiger partial charge on any atom is -0.494 e. The van der Waals surface area contributed by atoms with E-state index in [0.29, 0.717) is 0 Å². The Morgan fingerprint density at radius 1 is 1.30 bits per heavy atom. The van der Waals surface area contributed by atoms with Gasteiger partial charge in [-0.25, -0.2) is 0 Å². The molecule has 1 fully saturated rings. The molecule has 0 atom stereocenters. The summed E-state index contributed by atoms with van der Waals surface area (Å²) in [6, 6.07) is 7.52. The van der Waals surface area contributed by atoms with E-state index in [9.17, 15) is 4.79 Å². The molecule has 0 aromatic heterocycles. The molecule has 0 unspecified atom stereocenters. The topological polar surface area (TPSA) is 50.4 Å². The summed E-state index contributed by atoms with van der Waals surface area (Å²) in [5.41, 5.74) is 0.804. The van der Waals surface area contributed by atoms with Crippen LogP contribution in [-0.4, -0.2) is 25.6 Å². The fourth-order valence-electron chi connectivity index (χ4n) is 2.35. The first-order valence-electron chi connectivity index (χ1n) is 6.95. The molecule has 1 aliphatic rings. The number of anilines is 1. The van der Waals surface area contributed by atoms with Crippen molar-refractivity contribution in [3.63, 3.8) is 0 Å². The molecule has 20 heavy (non-hydrogen) atoms. The Kier molecular flexibility index (Phi) is 7.41. The molecule has 2 rings (SSSR count). The minimum absolute atomic E-state index is 0. The van der Waals surface area contributed by atoms with Gasteiger partial charge in [0, 0.05) is 12.6 Å². The monoisotopic (exact) mass is 298 g/mol. The zero-order valence-corrected chi connectivity index (χ0v) is 12.7. The van der Waals surface area contributed by atoms with Gasteiger partial charge in [-0.15, -0.1) is 12.4 Å². The van der Waals surface area contributed by atoms with Gasteiger partial charge in [0.15, 0.2) is 0 Å². The van der Waals surface area contributed by atoms with Crippen LogP contribution >= 0.6 is 12.4 Å². The van der Waals surface area contributed by atoms with Crippen molar-refractivity contribution in [2.24, 2.45) is 5.92 Å². The Hall–Kier alpha value is -1.26. The van der Waals surface area contributed by atoms with E-state index in [1.807, 2.05) is 24.3 Å². The quantitative estimate of drug-likeness (QED) is 0.879. The van der Waals surface area contributed by atoms with Gasteiger partial charge in [0.05, 0.1) is 6.61 Å². The van der Waals surface area contributed by atoms with Crippen molar-refractivity contribution in [3.8, 4) is 5.75 Å². The number of nitrogens with one attached hydrogen (secondary N) is 2. The Morgan fingerprint density at radius 2 is 1.95 bits per heavy atom. The molecule has 1 amide bonds. The SMILES string of the molecule is CC(=O)Nc1ccc(OCCC2CCNCC2)cc1.Cl. The molecular formula is C15H23ClN2O2. The van der Waals surface area contributed by atoms with Gasteiger partial charge in [-0.1, -0.05) is 0 Å². The van der Waals surface area contributed by atoms with E-state index in [1.54, 1.807) is 0 Å². The number of hydrogen-bond donors (Lipinski definition) is 2. The molecule has 4 nitrogen and oxygen atoms in total. The van der Waals surface area contributed by atoms with Crippen molar-refractivity contribution in [2.45, 2.75) is 26.2 Å². The van der Waals surface area contributed by atoms with Crippen LogP contribution in [0.3, 0.4) is 0 Å². The van der Waals surface area contributed by atoms with Crippen LogP contribution in [0.2, 0.25) is 0 Å². The van der Waals surface area contributed by atoms with E-state index in [1.165, 1.54) is 19.8 Å². The number of halogens is 1. The van der Waals surface area contributed by atoms with E-state index in [-0.39, 0.29) is 18.3 Å². The molecule has 1 aromatic rings. The van der Waals surface area contributed by atoms with Crippen molar-refractivity contribution in [2.75, 3.05) is 25.0 Å². The summed E-state index contributed by atoms with van der Waals surface area (Å²) >= 11 is 0. The molecule has 2 N–H and O–H groups in total. The van der Waals surface area contributed by atoms with Crippen molar-refractivity contribution < 1.29 is 9.53 Å². The smallest absolute Gasteiger partial charge is 0.221 e. The summed E-state index contributed by atoms with van der Waals surface area (Å²) < 4.78 is 5.74. The molecule has 1 aliphatic heterocycles. The Labute approximate surface area is 126 Å².